The summed E-state index contributed by atoms with van der Waals surface area (Å²) in [6.45, 7) is 1.37. The number of benzene rings is 2. The maximum absolute atomic E-state index is 12.3. The molecular weight excluding hydrogens is 364 g/mol. The minimum atomic E-state index is -3.77. The lowest BCUT2D eigenvalue weighted by Gasteiger charge is -2.14. The van der Waals surface area contributed by atoms with Crippen LogP contribution in [0.2, 0.25) is 0 Å². The molecule has 0 radical (unpaired) electrons. The normalized spacial score (nSPS) is 16.0. The first-order valence-corrected chi connectivity index (χ1v) is 10.3. The Balaban J connectivity index is 1.54. The number of sulfonamides is 1. The Morgan fingerprint density at radius 2 is 1.89 bits per heavy atom. The van der Waals surface area contributed by atoms with E-state index in [2.05, 4.69) is 16.1 Å². The second kappa shape index (κ2) is 8.02. The summed E-state index contributed by atoms with van der Waals surface area (Å²) < 4.78 is 27.1. The molecule has 0 heterocycles. The van der Waals surface area contributed by atoms with Crippen molar-refractivity contribution in [1.29, 1.82) is 0 Å². The van der Waals surface area contributed by atoms with E-state index in [4.69, 9.17) is 0 Å². The molecule has 2 aromatic carbocycles. The van der Waals surface area contributed by atoms with Gasteiger partial charge in [-0.25, -0.2) is 13.1 Å². The van der Waals surface area contributed by atoms with Gasteiger partial charge in [0.05, 0.1) is 10.9 Å². The molecule has 0 aliphatic heterocycles. The summed E-state index contributed by atoms with van der Waals surface area (Å²) >= 11 is 0. The van der Waals surface area contributed by atoms with Crippen molar-refractivity contribution in [2.24, 2.45) is 0 Å². The third kappa shape index (κ3) is 4.61. The van der Waals surface area contributed by atoms with Crippen LogP contribution in [0.5, 0.6) is 0 Å². The van der Waals surface area contributed by atoms with E-state index in [-0.39, 0.29) is 35.6 Å². The van der Waals surface area contributed by atoms with Crippen LogP contribution in [-0.4, -0.2) is 26.7 Å². The Morgan fingerprint density at radius 1 is 1.11 bits per heavy atom. The Morgan fingerprint density at radius 3 is 2.67 bits per heavy atom. The number of aryl methyl sites for hydroxylation is 1. The van der Waals surface area contributed by atoms with Gasteiger partial charge in [0.15, 0.2) is 5.78 Å². The zero-order valence-electron chi connectivity index (χ0n) is 15.1. The number of carbonyl (C=O) groups is 2. The van der Waals surface area contributed by atoms with Crippen LogP contribution in [0.25, 0.3) is 0 Å². The van der Waals surface area contributed by atoms with Crippen LogP contribution in [0.3, 0.4) is 0 Å². The van der Waals surface area contributed by atoms with Crippen molar-refractivity contribution in [3.8, 4) is 0 Å². The molecule has 0 bridgehead atoms. The average Bonchev–Trinajstić information content (AvgIpc) is 3.04. The highest BCUT2D eigenvalue weighted by Crippen LogP contribution is 2.30. The monoisotopic (exact) mass is 386 g/mol. The minimum Gasteiger partial charge on any atom is -0.349 e. The second-order valence-electron chi connectivity index (χ2n) is 6.59. The molecule has 1 aliphatic carbocycles. The maximum atomic E-state index is 12.3. The van der Waals surface area contributed by atoms with Crippen LogP contribution in [0, 0.1) is 0 Å². The van der Waals surface area contributed by atoms with E-state index in [1.165, 1.54) is 30.7 Å². The standard InChI is InChI=1S/C20H22N2O4S/c1-14(23)16-6-4-7-17(13-16)27(25,26)21-12-11-20(24)22-19-10-9-15-5-2-3-8-18(15)19/h2-8,13,19,21H,9-12H2,1H3,(H,22,24). The SMILES string of the molecule is CC(=O)c1cccc(S(=O)(=O)NCCC(=O)NC2CCc3ccccc32)c1. The predicted molar refractivity (Wildman–Crippen MR) is 102 cm³/mol. The minimum absolute atomic E-state index is 0.00711. The van der Waals surface area contributed by atoms with Gasteiger partial charge >= 0.3 is 0 Å². The highest BCUT2D eigenvalue weighted by Gasteiger charge is 2.23. The Bertz CT molecular complexity index is 969. The van der Waals surface area contributed by atoms with Gasteiger partial charge in [-0.05, 0) is 43.0 Å². The van der Waals surface area contributed by atoms with E-state index in [1.54, 1.807) is 6.07 Å². The van der Waals surface area contributed by atoms with Gasteiger partial charge in [-0.3, -0.25) is 9.59 Å². The summed E-state index contributed by atoms with van der Waals surface area (Å²) in [7, 11) is -3.77. The van der Waals surface area contributed by atoms with E-state index in [1.807, 2.05) is 18.2 Å². The van der Waals surface area contributed by atoms with Crippen LogP contribution in [-0.2, 0) is 21.2 Å². The van der Waals surface area contributed by atoms with Gasteiger partial charge in [0.1, 0.15) is 0 Å². The molecule has 0 aromatic heterocycles. The summed E-state index contributed by atoms with van der Waals surface area (Å²) in [5.74, 6) is -0.403. The van der Waals surface area contributed by atoms with Gasteiger partial charge in [-0.1, -0.05) is 36.4 Å². The summed E-state index contributed by atoms with van der Waals surface area (Å²) in [4.78, 5) is 23.6. The van der Waals surface area contributed by atoms with Crippen LogP contribution in [0.15, 0.2) is 53.4 Å². The fourth-order valence-electron chi connectivity index (χ4n) is 3.24. The Kier molecular flexibility index (Phi) is 5.72. The van der Waals surface area contributed by atoms with E-state index in [0.29, 0.717) is 5.56 Å². The molecule has 1 amide bonds. The number of nitrogens with one attached hydrogen (secondary N) is 2. The average molecular weight is 386 g/mol. The quantitative estimate of drug-likeness (QED) is 0.715. The number of carbonyl (C=O) groups excluding carboxylic acids is 2. The zero-order valence-corrected chi connectivity index (χ0v) is 15.9. The number of hydrogen-bond donors (Lipinski definition) is 2. The van der Waals surface area contributed by atoms with E-state index in [9.17, 15) is 18.0 Å². The van der Waals surface area contributed by atoms with E-state index in [0.717, 1.165) is 18.4 Å². The van der Waals surface area contributed by atoms with Gasteiger partial charge in [-0.15, -0.1) is 0 Å². The second-order valence-corrected chi connectivity index (χ2v) is 8.36. The van der Waals surface area contributed by atoms with Crippen LogP contribution >= 0.6 is 0 Å². The van der Waals surface area contributed by atoms with Crippen molar-refractivity contribution in [2.75, 3.05) is 6.54 Å². The summed E-state index contributed by atoms with van der Waals surface area (Å²) in [6.07, 6.45) is 1.83. The first-order valence-electron chi connectivity index (χ1n) is 8.84. The van der Waals surface area contributed by atoms with E-state index >= 15 is 0 Å². The molecule has 0 spiro atoms. The highest BCUT2D eigenvalue weighted by atomic mass is 32.2. The molecule has 1 unspecified atom stereocenters. The predicted octanol–water partition coefficient (Wildman–Crippen LogP) is 2.36. The third-order valence-electron chi connectivity index (χ3n) is 4.66. The molecule has 142 valence electrons. The van der Waals surface area contributed by atoms with Crippen LogP contribution in [0.1, 0.15) is 47.3 Å². The maximum Gasteiger partial charge on any atom is 0.240 e. The van der Waals surface area contributed by atoms with E-state index < -0.39 is 10.0 Å². The molecule has 2 N–H and O–H groups in total. The molecule has 0 saturated carbocycles. The first kappa shape index (κ1) is 19.3. The molecular formula is C20H22N2O4S. The van der Waals surface area contributed by atoms with Crippen molar-refractivity contribution in [3.63, 3.8) is 0 Å². The van der Waals surface area contributed by atoms with Crippen LogP contribution in [0.4, 0.5) is 0 Å². The zero-order chi connectivity index (χ0) is 19.4. The summed E-state index contributed by atoms with van der Waals surface area (Å²) in [5, 5.41) is 2.97. The molecule has 7 heteroatoms. The number of hydrogen-bond acceptors (Lipinski definition) is 4. The molecule has 6 nitrogen and oxygen atoms in total. The molecule has 27 heavy (non-hydrogen) atoms. The highest BCUT2D eigenvalue weighted by molar-refractivity contribution is 7.89. The first-order chi connectivity index (χ1) is 12.9. The molecule has 3 rings (SSSR count). The number of amides is 1. The fourth-order valence-corrected chi connectivity index (χ4v) is 4.32. The number of fused-ring (bicyclic) bond motifs is 1. The van der Waals surface area contributed by atoms with Gasteiger partial charge in [0.25, 0.3) is 0 Å². The molecule has 1 aliphatic rings. The van der Waals surface area contributed by atoms with Crippen molar-refractivity contribution >= 4 is 21.7 Å². The molecule has 0 saturated heterocycles. The van der Waals surface area contributed by atoms with Crippen LogP contribution < -0.4 is 10.0 Å². The topological polar surface area (TPSA) is 92.3 Å². The molecule has 2 aromatic rings. The smallest absolute Gasteiger partial charge is 0.240 e. The Labute approximate surface area is 159 Å². The van der Waals surface area contributed by atoms with Gasteiger partial charge in [0, 0.05) is 18.5 Å². The van der Waals surface area contributed by atoms with Gasteiger partial charge < -0.3 is 5.32 Å². The van der Waals surface area contributed by atoms with Crippen molar-refractivity contribution in [2.45, 2.75) is 37.1 Å². The number of ketones is 1. The fraction of sp³-hybridized carbons (Fsp3) is 0.300. The largest absolute Gasteiger partial charge is 0.349 e. The van der Waals surface area contributed by atoms with Gasteiger partial charge in [-0.2, -0.15) is 0 Å². The Hall–Kier alpha value is -2.51. The van der Waals surface area contributed by atoms with Gasteiger partial charge in [0.2, 0.25) is 15.9 Å². The number of rotatable bonds is 7. The summed E-state index contributed by atoms with van der Waals surface area (Å²) in [5.41, 5.74) is 2.71. The lowest BCUT2D eigenvalue weighted by atomic mass is 10.1. The molecule has 0 fully saturated rings. The number of Topliss-reactive ketones (excluding diaryl/α,β-unsaturated/α-hetero) is 1. The lowest BCUT2D eigenvalue weighted by molar-refractivity contribution is -0.121. The molecule has 1 atom stereocenters. The summed E-state index contributed by atoms with van der Waals surface area (Å²) in [6, 6.07) is 13.8. The van der Waals surface area contributed by atoms with Crippen molar-refractivity contribution < 1.29 is 18.0 Å². The van der Waals surface area contributed by atoms with Crippen molar-refractivity contribution in [3.05, 3.63) is 65.2 Å². The third-order valence-corrected chi connectivity index (χ3v) is 6.12. The lowest BCUT2D eigenvalue weighted by Crippen LogP contribution is -2.32. The van der Waals surface area contributed by atoms with Crippen molar-refractivity contribution in [1.82, 2.24) is 10.0 Å².